The molecule has 0 bridgehead atoms. The molecule has 2 aromatic heterocycles. The molecular formula is C18H14N2OS. The van der Waals surface area contributed by atoms with Gasteiger partial charge < -0.3 is 4.55 Å². The molecule has 0 aliphatic carbocycles. The van der Waals surface area contributed by atoms with E-state index >= 15 is 0 Å². The predicted octanol–water partition coefficient (Wildman–Crippen LogP) is 4.48. The number of hydrogen-bond donors (Lipinski definition) is 0. The highest BCUT2D eigenvalue weighted by atomic mass is 32.2. The van der Waals surface area contributed by atoms with Crippen LogP contribution in [0.15, 0.2) is 72.1 Å². The van der Waals surface area contributed by atoms with Crippen LogP contribution in [0, 0.1) is 0 Å². The summed E-state index contributed by atoms with van der Waals surface area (Å²) in [4.78, 5) is 0. The zero-order valence-corrected chi connectivity index (χ0v) is 12.7. The largest absolute Gasteiger partial charge is 0.590 e. The Kier molecular flexibility index (Phi) is 3.25. The minimum atomic E-state index is -1.11. The van der Waals surface area contributed by atoms with Crippen LogP contribution in [-0.2, 0) is 6.54 Å². The van der Waals surface area contributed by atoms with Crippen molar-refractivity contribution in [3.8, 4) is 11.3 Å². The molecule has 0 saturated carbocycles. The van der Waals surface area contributed by atoms with E-state index in [-0.39, 0.29) is 0 Å². The van der Waals surface area contributed by atoms with Gasteiger partial charge in [0.2, 0.25) is 4.70 Å². The van der Waals surface area contributed by atoms with E-state index in [2.05, 4.69) is 12.1 Å². The normalized spacial score (nSPS) is 12.0. The van der Waals surface area contributed by atoms with E-state index in [0.29, 0.717) is 6.54 Å². The number of aromatic nitrogens is 2. The fraction of sp³-hybridized carbons (Fsp3) is 0.0556. The maximum Gasteiger partial charge on any atom is 0.225 e. The van der Waals surface area contributed by atoms with Crippen molar-refractivity contribution in [2.24, 2.45) is 0 Å². The van der Waals surface area contributed by atoms with Gasteiger partial charge in [0.15, 0.2) is 5.69 Å². The molecule has 0 spiro atoms. The molecule has 0 saturated heterocycles. The first-order valence-electron chi connectivity index (χ1n) is 7.12. The second-order valence-corrected chi connectivity index (χ2v) is 6.45. The summed E-state index contributed by atoms with van der Waals surface area (Å²) in [5, 5.41) is 6.46. The van der Waals surface area contributed by atoms with Gasteiger partial charge in [-0.2, -0.15) is 5.10 Å². The minimum Gasteiger partial charge on any atom is -0.590 e. The van der Waals surface area contributed by atoms with Gasteiger partial charge in [0.25, 0.3) is 0 Å². The Bertz CT molecular complexity index is 910. The van der Waals surface area contributed by atoms with Crippen LogP contribution < -0.4 is 0 Å². The highest BCUT2D eigenvalue weighted by Crippen LogP contribution is 2.37. The Labute approximate surface area is 131 Å². The molecule has 22 heavy (non-hydrogen) atoms. The van der Waals surface area contributed by atoms with Crippen LogP contribution in [0.1, 0.15) is 5.56 Å². The predicted molar refractivity (Wildman–Crippen MR) is 89.4 cm³/mol. The molecule has 1 atom stereocenters. The van der Waals surface area contributed by atoms with Crippen LogP contribution >= 0.6 is 10.8 Å². The molecule has 0 aliphatic heterocycles. The second-order valence-electron chi connectivity index (χ2n) is 5.17. The molecule has 3 nitrogen and oxygen atoms in total. The summed E-state index contributed by atoms with van der Waals surface area (Å²) < 4.78 is 15.1. The second kappa shape index (κ2) is 5.40. The third-order valence-electron chi connectivity index (χ3n) is 3.72. The van der Waals surface area contributed by atoms with Gasteiger partial charge in [0.05, 0.1) is 6.54 Å². The highest BCUT2D eigenvalue weighted by Gasteiger charge is 2.20. The highest BCUT2D eigenvalue weighted by molar-refractivity contribution is 7.30. The smallest absolute Gasteiger partial charge is 0.225 e. The fourth-order valence-corrected chi connectivity index (χ4v) is 3.79. The topological polar surface area (TPSA) is 40.9 Å². The molecule has 0 N–H and O–H groups in total. The summed E-state index contributed by atoms with van der Waals surface area (Å²) in [6, 6.07) is 22.0. The lowest BCUT2D eigenvalue weighted by Crippen LogP contribution is -2.01. The van der Waals surface area contributed by atoms with Crippen molar-refractivity contribution in [1.29, 1.82) is 0 Å². The van der Waals surface area contributed by atoms with E-state index in [1.165, 1.54) is 5.56 Å². The van der Waals surface area contributed by atoms with Crippen LogP contribution in [0.4, 0.5) is 0 Å². The minimum absolute atomic E-state index is 0.678. The van der Waals surface area contributed by atoms with E-state index in [9.17, 15) is 4.55 Å². The molecule has 0 aliphatic rings. The summed E-state index contributed by atoms with van der Waals surface area (Å²) >= 11 is 0. The summed E-state index contributed by atoms with van der Waals surface area (Å²) in [6.07, 6.45) is 0. The number of hydrogen-bond acceptors (Lipinski definition) is 2. The Balaban J connectivity index is 1.87. The Hall–Kier alpha value is -2.43. The van der Waals surface area contributed by atoms with E-state index in [1.807, 2.05) is 59.3 Å². The number of benzene rings is 2. The maximum atomic E-state index is 12.3. The number of rotatable bonds is 3. The van der Waals surface area contributed by atoms with E-state index in [1.54, 1.807) is 5.38 Å². The third kappa shape index (κ3) is 2.22. The average Bonchev–Trinajstić information content (AvgIpc) is 3.11. The van der Waals surface area contributed by atoms with Crippen LogP contribution in [0.3, 0.4) is 0 Å². The number of nitrogens with zero attached hydrogens (tertiary/aromatic N) is 2. The van der Waals surface area contributed by atoms with Crippen LogP contribution in [0.5, 0.6) is 0 Å². The third-order valence-corrected chi connectivity index (χ3v) is 4.91. The fourth-order valence-electron chi connectivity index (χ4n) is 2.67. The molecule has 2 aromatic carbocycles. The molecule has 0 fully saturated rings. The standard InChI is InChI=1S/C18H14N2OS/c21-22-12-11-16-18(22)17(15-9-5-2-6-10-15)19-20(16)13-14-7-3-1-4-8-14/h1-12H,13H2. The molecule has 4 rings (SSSR count). The first kappa shape index (κ1) is 13.2. The molecular weight excluding hydrogens is 292 g/mol. The lowest BCUT2D eigenvalue weighted by atomic mass is 10.1. The van der Waals surface area contributed by atoms with Gasteiger partial charge in [-0.05, 0) is 16.3 Å². The van der Waals surface area contributed by atoms with Crippen molar-refractivity contribution < 1.29 is 4.55 Å². The first-order chi connectivity index (χ1) is 10.8. The molecule has 0 radical (unpaired) electrons. The van der Waals surface area contributed by atoms with E-state index < -0.39 is 10.8 Å². The van der Waals surface area contributed by atoms with E-state index in [0.717, 1.165) is 21.5 Å². The zero-order valence-electron chi connectivity index (χ0n) is 11.8. The monoisotopic (exact) mass is 306 g/mol. The number of fused-ring (bicyclic) bond motifs is 1. The number of thiophene rings is 1. The van der Waals surface area contributed by atoms with Gasteiger partial charge in [0.1, 0.15) is 10.9 Å². The summed E-state index contributed by atoms with van der Waals surface area (Å²) in [6.45, 7) is 0.678. The van der Waals surface area contributed by atoms with Crippen molar-refractivity contribution in [1.82, 2.24) is 9.78 Å². The molecule has 108 valence electrons. The van der Waals surface area contributed by atoms with Gasteiger partial charge in [-0.15, -0.1) is 0 Å². The molecule has 4 heteroatoms. The zero-order chi connectivity index (χ0) is 14.9. The lowest BCUT2D eigenvalue weighted by Gasteiger charge is -2.02. The van der Waals surface area contributed by atoms with Crippen molar-refractivity contribution in [3.63, 3.8) is 0 Å². The summed E-state index contributed by atoms with van der Waals surface area (Å²) in [5.41, 5.74) is 3.94. The first-order valence-corrected chi connectivity index (χ1v) is 8.33. The Morgan fingerprint density at radius 3 is 2.32 bits per heavy atom. The average molecular weight is 306 g/mol. The quantitative estimate of drug-likeness (QED) is 0.524. The lowest BCUT2D eigenvalue weighted by molar-refractivity contribution is 0.600. The van der Waals surface area contributed by atoms with Crippen LogP contribution in [0.2, 0.25) is 0 Å². The van der Waals surface area contributed by atoms with Crippen molar-refractivity contribution in [2.75, 3.05) is 0 Å². The van der Waals surface area contributed by atoms with Crippen molar-refractivity contribution in [2.45, 2.75) is 6.54 Å². The molecule has 1 unspecified atom stereocenters. The van der Waals surface area contributed by atoms with Crippen LogP contribution in [0.25, 0.3) is 21.5 Å². The van der Waals surface area contributed by atoms with Gasteiger partial charge in [-0.25, -0.2) is 0 Å². The van der Waals surface area contributed by atoms with Gasteiger partial charge >= 0.3 is 0 Å². The van der Waals surface area contributed by atoms with Gasteiger partial charge in [-0.3, -0.25) is 4.68 Å². The molecule has 4 aromatic rings. The van der Waals surface area contributed by atoms with Gasteiger partial charge in [-0.1, -0.05) is 60.7 Å². The maximum absolute atomic E-state index is 12.3. The van der Waals surface area contributed by atoms with Crippen molar-refractivity contribution in [3.05, 3.63) is 77.7 Å². The molecule has 0 amide bonds. The summed E-state index contributed by atoms with van der Waals surface area (Å²) in [5.74, 6) is 0. The molecule has 2 heterocycles. The van der Waals surface area contributed by atoms with Crippen molar-refractivity contribution >= 4 is 21.0 Å². The van der Waals surface area contributed by atoms with E-state index in [4.69, 9.17) is 5.10 Å². The van der Waals surface area contributed by atoms with Crippen LogP contribution in [-0.4, -0.2) is 14.3 Å². The SMILES string of the molecule is [O-][s+]1ccc2c1c(-c1ccccc1)nn2Cc1ccccc1. The Morgan fingerprint density at radius 2 is 1.59 bits per heavy atom. The van der Waals surface area contributed by atoms with Gasteiger partial charge in [0, 0.05) is 11.6 Å². The summed E-state index contributed by atoms with van der Waals surface area (Å²) in [7, 11) is -1.11. The Morgan fingerprint density at radius 1 is 0.909 bits per heavy atom.